The Balaban J connectivity index is 2.88. The van der Waals surface area contributed by atoms with Crippen LogP contribution in [0, 0.1) is 0 Å². The molecule has 14 heavy (non-hydrogen) atoms. The molecule has 4 nitrogen and oxygen atoms in total. The summed E-state index contributed by atoms with van der Waals surface area (Å²) in [5, 5.41) is 0. The van der Waals surface area contributed by atoms with Crippen molar-refractivity contribution in [3.8, 4) is 0 Å². The molecule has 72 valence electrons. The molecule has 2 aromatic rings. The van der Waals surface area contributed by atoms with E-state index in [1.165, 1.54) is 0 Å². The summed E-state index contributed by atoms with van der Waals surface area (Å²) in [7, 11) is 0. The number of aryl methyl sites for hydroxylation is 1. The lowest BCUT2D eigenvalue weighted by Gasteiger charge is -1.97. The van der Waals surface area contributed by atoms with Crippen molar-refractivity contribution in [1.82, 2.24) is 14.4 Å². The van der Waals surface area contributed by atoms with Gasteiger partial charge in [0, 0.05) is 6.20 Å². The van der Waals surface area contributed by atoms with E-state index in [2.05, 4.69) is 25.9 Å². The van der Waals surface area contributed by atoms with Crippen LogP contribution in [0.3, 0.4) is 0 Å². The van der Waals surface area contributed by atoms with Crippen LogP contribution in [0.1, 0.15) is 23.1 Å². The van der Waals surface area contributed by atoms with Crippen molar-refractivity contribution in [3.05, 3.63) is 28.4 Å². The van der Waals surface area contributed by atoms with Crippen LogP contribution >= 0.6 is 15.9 Å². The van der Waals surface area contributed by atoms with E-state index >= 15 is 0 Å². The molecule has 0 aliphatic carbocycles. The lowest BCUT2D eigenvalue weighted by atomic mass is 10.3. The molecule has 2 aromatic heterocycles. The van der Waals surface area contributed by atoms with Gasteiger partial charge in [0.2, 0.25) is 0 Å². The third kappa shape index (κ3) is 1.24. The van der Waals surface area contributed by atoms with Crippen LogP contribution in [0.5, 0.6) is 0 Å². The Bertz CT molecular complexity index is 492. The molecule has 0 aliphatic rings. The quantitative estimate of drug-likeness (QED) is 0.607. The lowest BCUT2D eigenvalue weighted by molar-refractivity contribution is 0.111. The van der Waals surface area contributed by atoms with Gasteiger partial charge in [-0.1, -0.05) is 6.92 Å². The SMILES string of the molecule is CCc1nc2ccnc(Br)n2c1C=O. The molecule has 0 radical (unpaired) electrons. The zero-order valence-electron chi connectivity index (χ0n) is 7.57. The second kappa shape index (κ2) is 3.49. The van der Waals surface area contributed by atoms with Crippen LogP contribution < -0.4 is 0 Å². The Hall–Kier alpha value is -1.23. The van der Waals surface area contributed by atoms with Gasteiger partial charge in [-0.05, 0) is 28.4 Å². The first kappa shape index (κ1) is 9.33. The molecule has 0 bridgehead atoms. The number of rotatable bonds is 2. The summed E-state index contributed by atoms with van der Waals surface area (Å²) in [6.07, 6.45) is 3.20. The first-order chi connectivity index (χ1) is 6.77. The minimum absolute atomic E-state index is 0.572. The van der Waals surface area contributed by atoms with Gasteiger partial charge in [-0.2, -0.15) is 0 Å². The highest BCUT2D eigenvalue weighted by Crippen LogP contribution is 2.16. The van der Waals surface area contributed by atoms with Crippen molar-refractivity contribution in [2.45, 2.75) is 13.3 Å². The molecule has 5 heteroatoms. The van der Waals surface area contributed by atoms with Crippen molar-refractivity contribution < 1.29 is 4.79 Å². The topological polar surface area (TPSA) is 47.3 Å². The summed E-state index contributed by atoms with van der Waals surface area (Å²) in [5.41, 5.74) is 2.11. The standard InChI is InChI=1S/C9H8BrN3O/c1-2-6-7(5-14)13-8(12-6)3-4-11-9(13)10/h3-5H,2H2,1H3. The van der Waals surface area contributed by atoms with Crippen molar-refractivity contribution in [2.24, 2.45) is 0 Å². The molecule has 0 N–H and O–H groups in total. The fourth-order valence-corrected chi connectivity index (χ4v) is 1.90. The number of nitrogens with zero attached hydrogens (tertiary/aromatic N) is 3. The zero-order valence-corrected chi connectivity index (χ0v) is 9.15. The van der Waals surface area contributed by atoms with E-state index in [0.29, 0.717) is 10.4 Å². The predicted octanol–water partition coefficient (Wildman–Crippen LogP) is 1.87. The van der Waals surface area contributed by atoms with Gasteiger partial charge in [0.25, 0.3) is 0 Å². The molecule has 0 atom stereocenters. The van der Waals surface area contributed by atoms with Gasteiger partial charge in [-0.3, -0.25) is 9.20 Å². The van der Waals surface area contributed by atoms with Gasteiger partial charge in [-0.15, -0.1) is 0 Å². The van der Waals surface area contributed by atoms with E-state index in [0.717, 1.165) is 24.0 Å². The highest BCUT2D eigenvalue weighted by Gasteiger charge is 2.11. The van der Waals surface area contributed by atoms with Crippen LogP contribution in [0.2, 0.25) is 0 Å². The highest BCUT2D eigenvalue weighted by atomic mass is 79.9. The molecule has 0 saturated heterocycles. The second-order valence-electron chi connectivity index (χ2n) is 2.82. The number of fused-ring (bicyclic) bond motifs is 1. The van der Waals surface area contributed by atoms with Gasteiger partial charge in [0.15, 0.2) is 11.0 Å². The molecule has 0 unspecified atom stereocenters. The van der Waals surface area contributed by atoms with Crippen molar-refractivity contribution in [2.75, 3.05) is 0 Å². The van der Waals surface area contributed by atoms with Crippen LogP contribution in [-0.2, 0) is 6.42 Å². The third-order valence-electron chi connectivity index (χ3n) is 2.05. The lowest BCUT2D eigenvalue weighted by Crippen LogP contribution is -1.96. The maximum absolute atomic E-state index is 10.9. The van der Waals surface area contributed by atoms with Gasteiger partial charge in [-0.25, -0.2) is 9.97 Å². The number of aldehydes is 1. The number of carbonyl (C=O) groups is 1. The van der Waals surface area contributed by atoms with E-state index in [-0.39, 0.29) is 0 Å². The molecule has 0 spiro atoms. The normalized spacial score (nSPS) is 10.7. The van der Waals surface area contributed by atoms with E-state index in [1.54, 1.807) is 16.7 Å². The van der Waals surface area contributed by atoms with Crippen LogP contribution in [0.25, 0.3) is 5.65 Å². The van der Waals surface area contributed by atoms with Gasteiger partial charge in [0.05, 0.1) is 5.69 Å². The fraction of sp³-hybridized carbons (Fsp3) is 0.222. The predicted molar refractivity (Wildman–Crippen MR) is 55.5 cm³/mol. The van der Waals surface area contributed by atoms with Gasteiger partial charge < -0.3 is 0 Å². The average Bonchev–Trinajstić information content (AvgIpc) is 2.56. The Morgan fingerprint density at radius 1 is 1.64 bits per heavy atom. The van der Waals surface area contributed by atoms with Crippen molar-refractivity contribution in [3.63, 3.8) is 0 Å². The first-order valence-electron chi connectivity index (χ1n) is 4.25. The Labute approximate surface area is 89.1 Å². The van der Waals surface area contributed by atoms with Crippen molar-refractivity contribution >= 4 is 27.9 Å². The number of carbonyl (C=O) groups excluding carboxylic acids is 1. The number of imidazole rings is 1. The van der Waals surface area contributed by atoms with Crippen LogP contribution in [0.15, 0.2) is 17.0 Å². The summed E-state index contributed by atoms with van der Waals surface area (Å²) >= 11 is 3.28. The fourth-order valence-electron chi connectivity index (χ4n) is 1.41. The van der Waals surface area contributed by atoms with E-state index in [1.807, 2.05) is 6.92 Å². The first-order valence-corrected chi connectivity index (χ1v) is 5.04. The maximum atomic E-state index is 10.9. The summed E-state index contributed by atoms with van der Waals surface area (Å²) in [5.74, 6) is 0. The molecule has 0 saturated carbocycles. The minimum atomic E-state index is 0.572. The maximum Gasteiger partial charge on any atom is 0.183 e. The van der Waals surface area contributed by atoms with Crippen LogP contribution in [0.4, 0.5) is 0 Å². The molecule has 0 aliphatic heterocycles. The Kier molecular flexibility index (Phi) is 2.33. The second-order valence-corrected chi connectivity index (χ2v) is 3.53. The van der Waals surface area contributed by atoms with E-state index in [9.17, 15) is 4.79 Å². The Morgan fingerprint density at radius 3 is 3.07 bits per heavy atom. The van der Waals surface area contributed by atoms with E-state index in [4.69, 9.17) is 0 Å². The molecule has 2 heterocycles. The van der Waals surface area contributed by atoms with E-state index < -0.39 is 0 Å². The largest absolute Gasteiger partial charge is 0.296 e. The van der Waals surface area contributed by atoms with Gasteiger partial charge >= 0.3 is 0 Å². The number of hydrogen-bond acceptors (Lipinski definition) is 3. The number of halogens is 1. The number of aromatic nitrogens is 3. The van der Waals surface area contributed by atoms with Gasteiger partial charge in [0.1, 0.15) is 11.3 Å². The molecule has 0 amide bonds. The smallest absolute Gasteiger partial charge is 0.183 e. The molecule has 2 rings (SSSR count). The zero-order chi connectivity index (χ0) is 10.1. The highest BCUT2D eigenvalue weighted by molar-refractivity contribution is 9.10. The molecule has 0 aromatic carbocycles. The summed E-state index contributed by atoms with van der Waals surface area (Å²) in [4.78, 5) is 19.3. The summed E-state index contributed by atoms with van der Waals surface area (Å²) in [6, 6.07) is 1.77. The minimum Gasteiger partial charge on any atom is -0.296 e. The average molecular weight is 254 g/mol. The Morgan fingerprint density at radius 2 is 2.43 bits per heavy atom. The third-order valence-corrected chi connectivity index (χ3v) is 2.61. The van der Waals surface area contributed by atoms with Crippen LogP contribution in [-0.4, -0.2) is 20.7 Å². The monoisotopic (exact) mass is 253 g/mol. The summed E-state index contributed by atoms with van der Waals surface area (Å²) in [6.45, 7) is 1.97. The molecular weight excluding hydrogens is 246 g/mol. The van der Waals surface area contributed by atoms with Crippen molar-refractivity contribution in [1.29, 1.82) is 0 Å². The number of hydrogen-bond donors (Lipinski definition) is 0. The summed E-state index contributed by atoms with van der Waals surface area (Å²) < 4.78 is 2.30. The molecular formula is C9H8BrN3O. The molecule has 0 fully saturated rings.